The average molecular weight is 337 g/mol. The third-order valence-corrected chi connectivity index (χ3v) is 4.11. The van der Waals surface area contributed by atoms with Gasteiger partial charge in [-0.05, 0) is 48.0 Å². The number of morpholine rings is 1. The van der Waals surface area contributed by atoms with Gasteiger partial charge < -0.3 is 14.7 Å². The third kappa shape index (κ3) is 4.33. The van der Waals surface area contributed by atoms with Gasteiger partial charge in [-0.25, -0.2) is 4.79 Å². The van der Waals surface area contributed by atoms with Gasteiger partial charge >= 0.3 is 5.97 Å². The van der Waals surface area contributed by atoms with E-state index in [-0.39, 0.29) is 11.3 Å². The molecule has 0 unspecified atom stereocenters. The Hall–Kier alpha value is -2.92. The molecule has 1 aliphatic rings. The number of anilines is 1. The highest BCUT2D eigenvalue weighted by Gasteiger charge is 2.11. The number of benzene rings is 2. The monoisotopic (exact) mass is 337 g/mol. The number of ketones is 1. The van der Waals surface area contributed by atoms with Crippen LogP contribution in [0.5, 0.6) is 0 Å². The number of aromatic carboxylic acids is 1. The van der Waals surface area contributed by atoms with Crippen molar-refractivity contribution in [3.05, 3.63) is 71.3 Å². The van der Waals surface area contributed by atoms with Crippen molar-refractivity contribution in [1.82, 2.24) is 0 Å². The molecule has 0 saturated carbocycles. The van der Waals surface area contributed by atoms with Gasteiger partial charge in [0, 0.05) is 24.3 Å². The topological polar surface area (TPSA) is 66.8 Å². The lowest BCUT2D eigenvalue weighted by atomic mass is 10.1. The molecule has 1 aliphatic heterocycles. The molecular formula is C20H19NO4. The van der Waals surface area contributed by atoms with E-state index in [9.17, 15) is 9.59 Å². The number of rotatable bonds is 5. The van der Waals surface area contributed by atoms with E-state index >= 15 is 0 Å². The SMILES string of the molecule is O=C(O)c1ccc(/C=C/C(=O)c2ccc(N3CCOCC3)cc2)cc1. The maximum Gasteiger partial charge on any atom is 0.335 e. The molecule has 5 heteroatoms. The molecule has 1 heterocycles. The Bertz CT molecular complexity index is 772. The summed E-state index contributed by atoms with van der Waals surface area (Å²) in [6.45, 7) is 3.17. The van der Waals surface area contributed by atoms with Crippen molar-refractivity contribution in [3.8, 4) is 0 Å². The minimum atomic E-state index is -0.966. The number of hydrogen-bond acceptors (Lipinski definition) is 4. The summed E-state index contributed by atoms with van der Waals surface area (Å²) in [5.41, 5.74) is 2.72. The largest absolute Gasteiger partial charge is 0.478 e. The fraction of sp³-hybridized carbons (Fsp3) is 0.200. The quantitative estimate of drug-likeness (QED) is 0.671. The Balaban J connectivity index is 1.65. The second kappa shape index (κ2) is 7.77. The summed E-state index contributed by atoms with van der Waals surface area (Å²) in [6, 6.07) is 13.9. The summed E-state index contributed by atoms with van der Waals surface area (Å²) >= 11 is 0. The first-order valence-electron chi connectivity index (χ1n) is 8.12. The molecule has 1 fully saturated rings. The minimum absolute atomic E-state index is 0.0872. The average Bonchev–Trinajstić information content (AvgIpc) is 2.67. The van der Waals surface area contributed by atoms with Crippen LogP contribution >= 0.6 is 0 Å². The van der Waals surface area contributed by atoms with Crippen LogP contribution in [0.2, 0.25) is 0 Å². The van der Waals surface area contributed by atoms with E-state index in [0.29, 0.717) is 5.56 Å². The molecule has 0 spiro atoms. The highest BCUT2D eigenvalue weighted by atomic mass is 16.5. The van der Waals surface area contributed by atoms with Crippen LogP contribution in [0.3, 0.4) is 0 Å². The molecule has 0 radical (unpaired) electrons. The Morgan fingerprint density at radius 2 is 1.52 bits per heavy atom. The fourth-order valence-corrected chi connectivity index (χ4v) is 2.66. The Kier molecular flexibility index (Phi) is 5.26. The van der Waals surface area contributed by atoms with Crippen molar-refractivity contribution in [2.75, 3.05) is 31.2 Å². The lowest BCUT2D eigenvalue weighted by molar-refractivity contribution is 0.0696. The molecule has 128 valence electrons. The molecule has 0 bridgehead atoms. The molecule has 3 rings (SSSR count). The Labute approximate surface area is 146 Å². The van der Waals surface area contributed by atoms with Gasteiger partial charge in [-0.2, -0.15) is 0 Å². The molecule has 25 heavy (non-hydrogen) atoms. The number of carboxylic acid groups (broad SMARTS) is 1. The van der Waals surface area contributed by atoms with E-state index in [4.69, 9.17) is 9.84 Å². The molecular weight excluding hydrogens is 318 g/mol. The van der Waals surface area contributed by atoms with Crippen molar-refractivity contribution in [2.24, 2.45) is 0 Å². The zero-order chi connectivity index (χ0) is 17.6. The first-order chi connectivity index (χ1) is 12.1. The summed E-state index contributed by atoms with van der Waals surface area (Å²) < 4.78 is 5.34. The molecule has 0 aromatic heterocycles. The highest BCUT2D eigenvalue weighted by molar-refractivity contribution is 6.07. The number of carbonyl (C=O) groups is 2. The van der Waals surface area contributed by atoms with E-state index < -0.39 is 5.97 Å². The summed E-state index contributed by atoms with van der Waals surface area (Å²) in [6.07, 6.45) is 3.18. The van der Waals surface area contributed by atoms with E-state index in [0.717, 1.165) is 37.6 Å². The van der Waals surface area contributed by atoms with Gasteiger partial charge in [0.15, 0.2) is 5.78 Å². The van der Waals surface area contributed by atoms with Crippen LogP contribution in [0, 0.1) is 0 Å². The molecule has 1 N–H and O–H groups in total. The first kappa shape index (κ1) is 16.9. The summed E-state index contributed by atoms with van der Waals surface area (Å²) in [5, 5.41) is 8.88. The van der Waals surface area contributed by atoms with E-state index in [2.05, 4.69) is 4.90 Å². The fourth-order valence-electron chi connectivity index (χ4n) is 2.66. The van der Waals surface area contributed by atoms with Crippen LogP contribution in [0.25, 0.3) is 6.08 Å². The number of carboxylic acids is 1. The normalized spacial score (nSPS) is 14.6. The van der Waals surface area contributed by atoms with Gasteiger partial charge in [0.05, 0.1) is 18.8 Å². The second-order valence-electron chi connectivity index (χ2n) is 5.77. The van der Waals surface area contributed by atoms with Crippen molar-refractivity contribution in [3.63, 3.8) is 0 Å². The number of ether oxygens (including phenoxy) is 1. The van der Waals surface area contributed by atoms with Gasteiger partial charge in [0.25, 0.3) is 0 Å². The molecule has 0 aliphatic carbocycles. The van der Waals surface area contributed by atoms with E-state index in [1.807, 2.05) is 24.3 Å². The minimum Gasteiger partial charge on any atom is -0.478 e. The van der Waals surface area contributed by atoms with Crippen molar-refractivity contribution < 1.29 is 19.4 Å². The standard InChI is InChI=1S/C20H19NO4/c22-19(10-3-15-1-4-17(5-2-15)20(23)24)16-6-8-18(9-7-16)21-11-13-25-14-12-21/h1-10H,11-14H2,(H,23,24)/b10-3+. The second-order valence-corrected chi connectivity index (χ2v) is 5.77. The predicted octanol–water partition coefficient (Wildman–Crippen LogP) is 3.12. The lowest BCUT2D eigenvalue weighted by Crippen LogP contribution is -2.36. The lowest BCUT2D eigenvalue weighted by Gasteiger charge is -2.28. The first-order valence-corrected chi connectivity index (χ1v) is 8.12. The number of hydrogen-bond donors (Lipinski definition) is 1. The van der Waals surface area contributed by atoms with Crippen LogP contribution in [-0.2, 0) is 4.74 Å². The van der Waals surface area contributed by atoms with Crippen molar-refractivity contribution in [2.45, 2.75) is 0 Å². The van der Waals surface area contributed by atoms with Crippen LogP contribution < -0.4 is 4.90 Å². The van der Waals surface area contributed by atoms with Gasteiger partial charge in [0.1, 0.15) is 0 Å². The van der Waals surface area contributed by atoms with Gasteiger partial charge in [-0.1, -0.05) is 18.2 Å². The van der Waals surface area contributed by atoms with Crippen molar-refractivity contribution in [1.29, 1.82) is 0 Å². The summed E-state index contributed by atoms with van der Waals surface area (Å²) in [5.74, 6) is -1.05. The highest BCUT2D eigenvalue weighted by Crippen LogP contribution is 2.17. The zero-order valence-electron chi connectivity index (χ0n) is 13.7. The number of nitrogens with zero attached hydrogens (tertiary/aromatic N) is 1. The third-order valence-electron chi connectivity index (χ3n) is 4.11. The van der Waals surface area contributed by atoms with Gasteiger partial charge in [-0.15, -0.1) is 0 Å². The van der Waals surface area contributed by atoms with Gasteiger partial charge in [-0.3, -0.25) is 4.79 Å². The summed E-state index contributed by atoms with van der Waals surface area (Å²) in [4.78, 5) is 25.3. The van der Waals surface area contributed by atoms with Crippen LogP contribution in [0.4, 0.5) is 5.69 Å². The Morgan fingerprint density at radius 3 is 2.12 bits per heavy atom. The maximum atomic E-state index is 12.3. The van der Waals surface area contributed by atoms with Crippen molar-refractivity contribution >= 4 is 23.5 Å². The number of allylic oxidation sites excluding steroid dienone is 1. The van der Waals surface area contributed by atoms with Crippen LogP contribution in [0.1, 0.15) is 26.3 Å². The summed E-state index contributed by atoms with van der Waals surface area (Å²) in [7, 11) is 0. The smallest absolute Gasteiger partial charge is 0.335 e. The zero-order valence-corrected chi connectivity index (χ0v) is 13.7. The van der Waals surface area contributed by atoms with Crippen LogP contribution in [0.15, 0.2) is 54.6 Å². The van der Waals surface area contributed by atoms with Gasteiger partial charge in [0.2, 0.25) is 0 Å². The predicted molar refractivity (Wildman–Crippen MR) is 96.2 cm³/mol. The number of carbonyl (C=O) groups excluding carboxylic acids is 1. The Morgan fingerprint density at radius 1 is 0.920 bits per heavy atom. The molecule has 2 aromatic rings. The molecule has 0 amide bonds. The van der Waals surface area contributed by atoms with Crippen LogP contribution in [-0.4, -0.2) is 43.2 Å². The maximum absolute atomic E-state index is 12.3. The molecule has 2 aromatic carbocycles. The molecule has 0 atom stereocenters. The van der Waals surface area contributed by atoms with E-state index in [1.165, 1.54) is 18.2 Å². The van der Waals surface area contributed by atoms with E-state index in [1.54, 1.807) is 18.2 Å². The molecule has 1 saturated heterocycles. The molecule has 5 nitrogen and oxygen atoms in total.